The lowest BCUT2D eigenvalue weighted by atomic mass is 10.0. The summed E-state index contributed by atoms with van der Waals surface area (Å²) in [6.45, 7) is 0.636. The first kappa shape index (κ1) is 19.6. The van der Waals surface area contributed by atoms with E-state index in [9.17, 15) is 0 Å². The highest BCUT2D eigenvalue weighted by molar-refractivity contribution is 5.83. The molecule has 4 rings (SSSR count). The third-order valence-corrected chi connectivity index (χ3v) is 5.11. The van der Waals surface area contributed by atoms with Gasteiger partial charge < -0.3 is 16.5 Å². The lowest BCUT2D eigenvalue weighted by molar-refractivity contribution is 0.689. The third kappa shape index (κ3) is 4.66. The van der Waals surface area contributed by atoms with Crippen LogP contribution in [0.3, 0.4) is 0 Å². The van der Waals surface area contributed by atoms with Gasteiger partial charge in [-0.3, -0.25) is 4.98 Å². The van der Waals surface area contributed by atoms with Gasteiger partial charge in [0, 0.05) is 18.9 Å². The first-order chi connectivity index (χ1) is 14.7. The van der Waals surface area contributed by atoms with Gasteiger partial charge in [-0.15, -0.1) is 0 Å². The summed E-state index contributed by atoms with van der Waals surface area (Å²) in [5, 5.41) is 5.68. The van der Waals surface area contributed by atoms with Crippen molar-refractivity contribution in [2.24, 2.45) is 11.6 Å². The summed E-state index contributed by atoms with van der Waals surface area (Å²) in [4.78, 5) is 4.06. The summed E-state index contributed by atoms with van der Waals surface area (Å²) < 4.78 is 0. The van der Waals surface area contributed by atoms with E-state index in [0.29, 0.717) is 12.4 Å². The van der Waals surface area contributed by atoms with E-state index in [-0.39, 0.29) is 6.04 Å². The van der Waals surface area contributed by atoms with Crippen LogP contribution in [0.5, 0.6) is 0 Å². The smallest absolute Gasteiger partial charge is 0.111 e. The number of hydrogen-bond acceptors (Lipinski definition) is 5. The number of aromatic nitrogens is 1. The van der Waals surface area contributed by atoms with Crippen LogP contribution in [0.2, 0.25) is 0 Å². The standard InChI is InChI=1S/C25H25N5/c26-24(23-10-9-19-3-1-2-4-22(19)15-23)16-25(30-27)29-17-18-5-7-20(8-6-18)21-11-13-28-14-12-21/h1-16,24,29-30H,17,26-27H2/b25-16-. The Hall–Kier alpha value is -3.67. The number of nitrogens with zero attached hydrogens (tertiary/aromatic N) is 1. The number of fused-ring (bicyclic) bond motifs is 1. The first-order valence-corrected chi connectivity index (χ1v) is 9.89. The highest BCUT2D eigenvalue weighted by Crippen LogP contribution is 2.21. The van der Waals surface area contributed by atoms with Crippen molar-refractivity contribution in [3.05, 3.63) is 114 Å². The van der Waals surface area contributed by atoms with Crippen molar-refractivity contribution in [2.45, 2.75) is 12.6 Å². The Bertz CT molecular complexity index is 1140. The SMILES string of the molecule is NN/C(=C\C(N)c1ccc2ccccc2c1)NCc1ccc(-c2ccncc2)cc1. The van der Waals surface area contributed by atoms with Crippen molar-refractivity contribution in [3.8, 4) is 11.1 Å². The van der Waals surface area contributed by atoms with Crippen LogP contribution in [0.25, 0.3) is 21.9 Å². The molecule has 5 nitrogen and oxygen atoms in total. The molecule has 1 atom stereocenters. The van der Waals surface area contributed by atoms with E-state index in [4.69, 9.17) is 11.6 Å². The molecule has 0 amide bonds. The minimum Gasteiger partial charge on any atom is -0.367 e. The molecule has 1 unspecified atom stereocenters. The van der Waals surface area contributed by atoms with E-state index in [1.807, 2.05) is 30.3 Å². The number of nitrogens with one attached hydrogen (secondary N) is 2. The van der Waals surface area contributed by atoms with Gasteiger partial charge in [0.05, 0.1) is 6.04 Å². The zero-order valence-electron chi connectivity index (χ0n) is 16.6. The molecule has 0 fully saturated rings. The first-order valence-electron chi connectivity index (χ1n) is 9.89. The van der Waals surface area contributed by atoms with E-state index >= 15 is 0 Å². The Morgan fingerprint density at radius 1 is 0.867 bits per heavy atom. The predicted molar refractivity (Wildman–Crippen MR) is 123 cm³/mol. The third-order valence-electron chi connectivity index (χ3n) is 5.11. The number of nitrogens with two attached hydrogens (primary N) is 2. The van der Waals surface area contributed by atoms with Crippen LogP contribution in [0.4, 0.5) is 0 Å². The van der Waals surface area contributed by atoms with Crippen LogP contribution in [-0.4, -0.2) is 4.98 Å². The second-order valence-electron chi connectivity index (χ2n) is 7.14. The Morgan fingerprint density at radius 2 is 1.57 bits per heavy atom. The highest BCUT2D eigenvalue weighted by atomic mass is 15.3. The summed E-state index contributed by atoms with van der Waals surface area (Å²) >= 11 is 0. The highest BCUT2D eigenvalue weighted by Gasteiger charge is 2.06. The summed E-state index contributed by atoms with van der Waals surface area (Å²) in [7, 11) is 0. The molecule has 0 bridgehead atoms. The average Bonchev–Trinajstić information content (AvgIpc) is 2.82. The molecular formula is C25H25N5. The summed E-state index contributed by atoms with van der Waals surface area (Å²) in [5.74, 6) is 6.40. The normalized spacial score (nSPS) is 12.5. The minimum atomic E-state index is -0.276. The molecule has 150 valence electrons. The molecule has 6 N–H and O–H groups in total. The average molecular weight is 396 g/mol. The van der Waals surface area contributed by atoms with Crippen molar-refractivity contribution in [1.82, 2.24) is 15.7 Å². The molecular weight excluding hydrogens is 370 g/mol. The topological polar surface area (TPSA) is 89.0 Å². The fourth-order valence-corrected chi connectivity index (χ4v) is 3.41. The zero-order valence-corrected chi connectivity index (χ0v) is 16.6. The molecule has 0 saturated heterocycles. The Balaban J connectivity index is 1.42. The van der Waals surface area contributed by atoms with Crippen LogP contribution in [-0.2, 0) is 6.54 Å². The van der Waals surface area contributed by atoms with E-state index in [2.05, 4.69) is 70.3 Å². The largest absolute Gasteiger partial charge is 0.367 e. The second kappa shape index (κ2) is 9.22. The summed E-state index contributed by atoms with van der Waals surface area (Å²) in [5.41, 5.74) is 13.6. The Kier molecular flexibility index (Phi) is 6.03. The number of hydrazine groups is 1. The molecule has 3 aromatic carbocycles. The van der Waals surface area contributed by atoms with Crippen LogP contribution in [0.15, 0.2) is 103 Å². The molecule has 0 aliphatic heterocycles. The molecule has 0 radical (unpaired) electrons. The van der Waals surface area contributed by atoms with Gasteiger partial charge in [0.25, 0.3) is 0 Å². The Morgan fingerprint density at radius 3 is 2.30 bits per heavy atom. The van der Waals surface area contributed by atoms with Gasteiger partial charge in [-0.2, -0.15) is 0 Å². The fourth-order valence-electron chi connectivity index (χ4n) is 3.41. The molecule has 30 heavy (non-hydrogen) atoms. The van der Waals surface area contributed by atoms with Crippen molar-refractivity contribution >= 4 is 10.8 Å². The molecule has 0 spiro atoms. The Labute approximate surface area is 176 Å². The van der Waals surface area contributed by atoms with Crippen molar-refractivity contribution < 1.29 is 0 Å². The van der Waals surface area contributed by atoms with Crippen LogP contribution in [0.1, 0.15) is 17.2 Å². The van der Waals surface area contributed by atoms with E-state index in [0.717, 1.165) is 22.3 Å². The van der Waals surface area contributed by atoms with Crippen molar-refractivity contribution in [3.63, 3.8) is 0 Å². The van der Waals surface area contributed by atoms with Gasteiger partial charge >= 0.3 is 0 Å². The van der Waals surface area contributed by atoms with Crippen molar-refractivity contribution in [1.29, 1.82) is 0 Å². The van der Waals surface area contributed by atoms with Gasteiger partial charge in [-0.25, -0.2) is 5.84 Å². The number of rotatable bonds is 7. The minimum absolute atomic E-state index is 0.276. The van der Waals surface area contributed by atoms with E-state index in [1.54, 1.807) is 12.4 Å². The van der Waals surface area contributed by atoms with Gasteiger partial charge in [0.15, 0.2) is 0 Å². The molecule has 5 heteroatoms. The van der Waals surface area contributed by atoms with E-state index in [1.165, 1.54) is 10.8 Å². The predicted octanol–water partition coefficient (Wildman–Crippen LogP) is 4.00. The lowest BCUT2D eigenvalue weighted by Crippen LogP contribution is -2.32. The lowest BCUT2D eigenvalue weighted by Gasteiger charge is -2.15. The number of hydrogen-bond donors (Lipinski definition) is 4. The number of benzene rings is 3. The maximum atomic E-state index is 6.40. The van der Waals surface area contributed by atoms with Crippen LogP contribution < -0.4 is 22.3 Å². The molecule has 4 aromatic rings. The van der Waals surface area contributed by atoms with Crippen LogP contribution >= 0.6 is 0 Å². The second-order valence-corrected chi connectivity index (χ2v) is 7.14. The maximum absolute atomic E-state index is 6.40. The van der Waals surface area contributed by atoms with Gasteiger partial charge in [-0.05, 0) is 57.3 Å². The summed E-state index contributed by atoms with van der Waals surface area (Å²) in [6, 6.07) is 26.6. The van der Waals surface area contributed by atoms with Gasteiger partial charge in [-0.1, -0.05) is 60.7 Å². The van der Waals surface area contributed by atoms with Gasteiger partial charge in [0.2, 0.25) is 0 Å². The quantitative estimate of drug-likeness (QED) is 0.281. The number of pyridine rings is 1. The van der Waals surface area contributed by atoms with Crippen molar-refractivity contribution in [2.75, 3.05) is 0 Å². The van der Waals surface area contributed by atoms with Gasteiger partial charge in [0.1, 0.15) is 5.82 Å². The maximum Gasteiger partial charge on any atom is 0.111 e. The molecule has 0 saturated carbocycles. The fraction of sp³-hybridized carbons (Fsp3) is 0.0800. The van der Waals surface area contributed by atoms with E-state index < -0.39 is 0 Å². The molecule has 0 aliphatic rings. The summed E-state index contributed by atoms with van der Waals surface area (Å²) in [6.07, 6.45) is 5.50. The molecule has 1 heterocycles. The van der Waals surface area contributed by atoms with Crippen LogP contribution in [0, 0.1) is 0 Å². The monoisotopic (exact) mass is 395 g/mol. The zero-order chi connectivity index (χ0) is 20.8. The molecule has 0 aliphatic carbocycles. The molecule has 1 aromatic heterocycles.